The van der Waals surface area contributed by atoms with Gasteiger partial charge in [0.25, 0.3) is 0 Å². The van der Waals surface area contributed by atoms with Crippen LogP contribution in [0, 0.1) is 5.92 Å². The molecule has 1 amide bonds. The third kappa shape index (κ3) is 2.84. The zero-order chi connectivity index (χ0) is 13.3. The van der Waals surface area contributed by atoms with E-state index in [1.807, 2.05) is 13.8 Å². The number of nitrogens with zero attached hydrogens (tertiary/aromatic N) is 2. The van der Waals surface area contributed by atoms with Crippen molar-refractivity contribution in [3.8, 4) is 0 Å². The molecule has 0 unspecified atom stereocenters. The maximum absolute atomic E-state index is 12.0. The summed E-state index contributed by atoms with van der Waals surface area (Å²) in [6, 6.07) is 0.298. The Kier molecular flexibility index (Phi) is 3.94. The van der Waals surface area contributed by atoms with E-state index in [1.54, 1.807) is 4.90 Å². The maximum atomic E-state index is 12.0. The van der Waals surface area contributed by atoms with Gasteiger partial charge in [-0.3, -0.25) is 9.69 Å². The van der Waals surface area contributed by atoms with E-state index in [4.69, 9.17) is 5.73 Å². The highest BCUT2D eigenvalue weighted by Crippen LogP contribution is 2.28. The molecule has 0 aliphatic carbocycles. The highest BCUT2D eigenvalue weighted by atomic mass is 16.3. The Hall–Kier alpha value is -0.650. The van der Waals surface area contributed by atoms with Crippen molar-refractivity contribution in [3.05, 3.63) is 0 Å². The molecule has 0 aromatic heterocycles. The Morgan fingerprint density at radius 2 is 1.94 bits per heavy atom. The summed E-state index contributed by atoms with van der Waals surface area (Å²) in [4.78, 5) is 16.0. The van der Waals surface area contributed by atoms with E-state index in [1.165, 1.54) is 0 Å². The molecule has 0 saturated carbocycles. The van der Waals surface area contributed by atoms with Crippen LogP contribution in [0.5, 0.6) is 0 Å². The van der Waals surface area contributed by atoms with Crippen molar-refractivity contribution in [2.24, 2.45) is 11.7 Å². The van der Waals surface area contributed by atoms with Crippen molar-refractivity contribution < 1.29 is 9.90 Å². The average Bonchev–Trinajstić information content (AvgIpc) is 2.27. The van der Waals surface area contributed by atoms with Gasteiger partial charge in [-0.25, -0.2) is 0 Å². The maximum Gasteiger partial charge on any atom is 0.236 e. The number of rotatable bonds is 3. The van der Waals surface area contributed by atoms with Crippen molar-refractivity contribution in [2.45, 2.75) is 38.3 Å². The number of hydrogen-bond donors (Lipinski definition) is 2. The summed E-state index contributed by atoms with van der Waals surface area (Å²) in [5.74, 6) is 0.338. The second-order valence-corrected chi connectivity index (χ2v) is 6.12. The minimum absolute atomic E-state index is 0.135. The zero-order valence-electron chi connectivity index (χ0n) is 11.4. The Bertz CT molecular complexity index is 305. The average molecular weight is 255 g/mol. The number of carbonyl (C=O) groups is 1. The van der Waals surface area contributed by atoms with Crippen LogP contribution in [-0.2, 0) is 4.79 Å². The van der Waals surface area contributed by atoms with Crippen LogP contribution in [0.4, 0.5) is 0 Å². The molecule has 2 aliphatic heterocycles. The number of carbonyl (C=O) groups excluding carboxylic acids is 1. The van der Waals surface area contributed by atoms with E-state index in [9.17, 15) is 9.90 Å². The first-order valence-electron chi connectivity index (χ1n) is 6.89. The predicted octanol–water partition coefficient (Wildman–Crippen LogP) is -0.361. The van der Waals surface area contributed by atoms with Crippen molar-refractivity contribution in [1.82, 2.24) is 9.80 Å². The summed E-state index contributed by atoms with van der Waals surface area (Å²) in [6.07, 6.45) is 1.95. The topological polar surface area (TPSA) is 69.8 Å². The van der Waals surface area contributed by atoms with Crippen molar-refractivity contribution in [3.63, 3.8) is 0 Å². The fourth-order valence-corrected chi connectivity index (χ4v) is 2.56. The molecular formula is C13H25N3O2. The van der Waals surface area contributed by atoms with Crippen LogP contribution in [0.2, 0.25) is 0 Å². The zero-order valence-corrected chi connectivity index (χ0v) is 11.4. The van der Waals surface area contributed by atoms with Crippen LogP contribution in [0.25, 0.3) is 0 Å². The van der Waals surface area contributed by atoms with E-state index in [0.29, 0.717) is 25.7 Å². The molecule has 2 saturated heterocycles. The summed E-state index contributed by atoms with van der Waals surface area (Å²) in [5.41, 5.74) is 5.17. The third-order valence-corrected chi connectivity index (χ3v) is 4.35. The minimum Gasteiger partial charge on any atom is -0.386 e. The summed E-state index contributed by atoms with van der Waals surface area (Å²) < 4.78 is 0. The van der Waals surface area contributed by atoms with Gasteiger partial charge in [-0.1, -0.05) is 13.8 Å². The highest BCUT2D eigenvalue weighted by molar-refractivity contribution is 5.79. The van der Waals surface area contributed by atoms with Crippen LogP contribution in [0.1, 0.15) is 26.7 Å². The molecule has 0 bridgehead atoms. The van der Waals surface area contributed by atoms with Gasteiger partial charge >= 0.3 is 0 Å². The quantitative estimate of drug-likeness (QED) is 0.722. The standard InChI is InChI=1S/C13H25N3O2/c1-10(2)13(18)8-16(9-13)12(17)7-15-5-3-11(14)4-6-15/h10-11,18H,3-9,14H2,1-2H3. The SMILES string of the molecule is CC(C)C1(O)CN(C(=O)CN2CCC(N)CC2)C1. The number of β-amino-alcohol motifs (C(OH)–C–C–N with tert-alkyl or cyclic N) is 1. The Labute approximate surface area is 109 Å². The Balaban J connectivity index is 1.74. The third-order valence-electron chi connectivity index (χ3n) is 4.35. The number of aliphatic hydroxyl groups is 1. The lowest BCUT2D eigenvalue weighted by Gasteiger charge is -2.49. The number of nitrogens with two attached hydrogens (primary N) is 1. The van der Waals surface area contributed by atoms with E-state index in [-0.39, 0.29) is 11.8 Å². The summed E-state index contributed by atoms with van der Waals surface area (Å²) in [5, 5.41) is 10.1. The number of piperidine rings is 1. The van der Waals surface area contributed by atoms with Crippen LogP contribution in [0.15, 0.2) is 0 Å². The molecule has 2 rings (SSSR count). The van der Waals surface area contributed by atoms with Gasteiger partial charge in [0, 0.05) is 19.1 Å². The summed E-state index contributed by atoms with van der Waals surface area (Å²) in [7, 11) is 0. The molecule has 0 atom stereocenters. The van der Waals surface area contributed by atoms with Gasteiger partial charge in [-0.05, 0) is 18.8 Å². The van der Waals surface area contributed by atoms with Gasteiger partial charge in [0.15, 0.2) is 0 Å². The molecule has 5 nitrogen and oxygen atoms in total. The van der Waals surface area contributed by atoms with Crippen molar-refractivity contribution in [2.75, 3.05) is 32.7 Å². The smallest absolute Gasteiger partial charge is 0.236 e. The molecule has 2 aliphatic rings. The van der Waals surface area contributed by atoms with E-state index in [2.05, 4.69) is 4.90 Å². The molecule has 2 heterocycles. The lowest BCUT2D eigenvalue weighted by Crippen LogP contribution is -2.67. The van der Waals surface area contributed by atoms with Gasteiger partial charge < -0.3 is 15.7 Å². The Morgan fingerprint density at radius 3 is 2.44 bits per heavy atom. The highest BCUT2D eigenvalue weighted by Gasteiger charge is 2.45. The van der Waals surface area contributed by atoms with Gasteiger partial charge in [-0.15, -0.1) is 0 Å². The molecule has 18 heavy (non-hydrogen) atoms. The van der Waals surface area contributed by atoms with Gasteiger partial charge in [-0.2, -0.15) is 0 Å². The van der Waals surface area contributed by atoms with Crippen LogP contribution >= 0.6 is 0 Å². The molecule has 0 aromatic rings. The largest absolute Gasteiger partial charge is 0.386 e. The Morgan fingerprint density at radius 1 is 1.39 bits per heavy atom. The van der Waals surface area contributed by atoms with Crippen LogP contribution in [-0.4, -0.2) is 65.2 Å². The molecule has 0 radical (unpaired) electrons. The van der Waals surface area contributed by atoms with Crippen LogP contribution < -0.4 is 5.73 Å². The van der Waals surface area contributed by atoms with E-state index < -0.39 is 5.60 Å². The summed E-state index contributed by atoms with van der Waals surface area (Å²) >= 11 is 0. The number of likely N-dealkylation sites (tertiary alicyclic amines) is 2. The summed E-state index contributed by atoms with van der Waals surface area (Å²) in [6.45, 7) is 7.25. The molecule has 3 N–H and O–H groups in total. The van der Waals surface area contributed by atoms with Crippen molar-refractivity contribution in [1.29, 1.82) is 0 Å². The minimum atomic E-state index is -0.667. The second-order valence-electron chi connectivity index (χ2n) is 6.12. The normalized spacial score (nSPS) is 25.3. The van der Waals surface area contributed by atoms with E-state index in [0.717, 1.165) is 25.9 Å². The molecule has 0 aromatic carbocycles. The lowest BCUT2D eigenvalue weighted by atomic mass is 9.83. The van der Waals surface area contributed by atoms with Gasteiger partial charge in [0.2, 0.25) is 5.91 Å². The molecule has 0 spiro atoms. The lowest BCUT2D eigenvalue weighted by molar-refractivity contribution is -0.164. The van der Waals surface area contributed by atoms with Gasteiger partial charge in [0.1, 0.15) is 5.60 Å². The molecule has 2 fully saturated rings. The first-order valence-corrected chi connectivity index (χ1v) is 6.89. The second kappa shape index (κ2) is 5.15. The number of hydrogen-bond acceptors (Lipinski definition) is 4. The van der Waals surface area contributed by atoms with E-state index >= 15 is 0 Å². The molecule has 104 valence electrons. The number of amides is 1. The van der Waals surface area contributed by atoms with Crippen molar-refractivity contribution >= 4 is 5.91 Å². The van der Waals surface area contributed by atoms with Gasteiger partial charge in [0.05, 0.1) is 19.6 Å². The predicted molar refractivity (Wildman–Crippen MR) is 70.0 cm³/mol. The molecular weight excluding hydrogens is 230 g/mol. The first-order chi connectivity index (χ1) is 8.40. The first kappa shape index (κ1) is 13.8. The fourth-order valence-electron chi connectivity index (χ4n) is 2.56. The van der Waals surface area contributed by atoms with Crippen LogP contribution in [0.3, 0.4) is 0 Å². The monoisotopic (exact) mass is 255 g/mol. The molecule has 5 heteroatoms. The fraction of sp³-hybridized carbons (Fsp3) is 0.923.